The van der Waals surface area contributed by atoms with Crippen molar-refractivity contribution in [2.24, 2.45) is 0 Å². The molecule has 0 aliphatic carbocycles. The van der Waals surface area contributed by atoms with Crippen molar-refractivity contribution in [2.75, 3.05) is 13.7 Å². The first kappa shape index (κ1) is 17.2. The molecule has 0 fully saturated rings. The minimum Gasteiger partial charge on any atom is -0.508 e. The van der Waals surface area contributed by atoms with Gasteiger partial charge < -0.3 is 19.3 Å². The molecular weight excluding hydrogens is 292 g/mol. The molecule has 7 heteroatoms. The van der Waals surface area contributed by atoms with Crippen molar-refractivity contribution in [1.82, 2.24) is 0 Å². The minimum absolute atomic E-state index is 0.00313. The van der Waals surface area contributed by atoms with Gasteiger partial charge in [-0.25, -0.2) is 9.59 Å². The monoisotopic (exact) mass is 308 g/mol. The molecule has 0 bridgehead atoms. The van der Waals surface area contributed by atoms with Crippen molar-refractivity contribution in [3.8, 4) is 11.5 Å². The summed E-state index contributed by atoms with van der Waals surface area (Å²) >= 11 is 0. The standard InChI is InChI=1S/C15H16O7/c1-20-13(17)7-8-14(18)21-9-3-6-15(19)22-12-5-2-4-11(16)10-12/h2,4-5,7-8,10,16H,3,6,9H2,1H3. The number of phenolic OH excluding ortho intramolecular Hbond substituents is 1. The molecule has 0 aliphatic rings. The fourth-order valence-corrected chi connectivity index (χ4v) is 1.37. The molecule has 0 atom stereocenters. The van der Waals surface area contributed by atoms with Crippen LogP contribution in [-0.2, 0) is 23.9 Å². The van der Waals surface area contributed by atoms with Gasteiger partial charge in [-0.1, -0.05) is 6.07 Å². The predicted molar refractivity (Wildman–Crippen MR) is 75.1 cm³/mol. The van der Waals surface area contributed by atoms with Crippen molar-refractivity contribution in [1.29, 1.82) is 0 Å². The van der Waals surface area contributed by atoms with Gasteiger partial charge in [0, 0.05) is 24.6 Å². The molecule has 1 rings (SSSR count). The molecule has 0 spiro atoms. The molecule has 22 heavy (non-hydrogen) atoms. The van der Waals surface area contributed by atoms with E-state index in [1.165, 1.54) is 25.3 Å². The maximum Gasteiger partial charge on any atom is 0.331 e. The highest BCUT2D eigenvalue weighted by molar-refractivity contribution is 5.91. The van der Waals surface area contributed by atoms with Crippen LogP contribution in [0.15, 0.2) is 36.4 Å². The summed E-state index contributed by atoms with van der Waals surface area (Å²) in [4.78, 5) is 33.4. The van der Waals surface area contributed by atoms with E-state index < -0.39 is 17.9 Å². The van der Waals surface area contributed by atoms with Gasteiger partial charge in [0.2, 0.25) is 0 Å². The summed E-state index contributed by atoms with van der Waals surface area (Å²) in [6.45, 7) is 0.0134. The number of phenols is 1. The third-order valence-corrected chi connectivity index (χ3v) is 2.38. The molecule has 1 aromatic carbocycles. The summed E-state index contributed by atoms with van der Waals surface area (Å²) in [5.41, 5.74) is 0. The van der Waals surface area contributed by atoms with Gasteiger partial charge in [0.05, 0.1) is 13.7 Å². The molecule has 0 aliphatic heterocycles. The quantitative estimate of drug-likeness (QED) is 0.351. The Balaban J connectivity index is 2.21. The Morgan fingerprint density at radius 2 is 1.91 bits per heavy atom. The lowest BCUT2D eigenvalue weighted by molar-refractivity contribution is -0.140. The van der Waals surface area contributed by atoms with Gasteiger partial charge in [-0.05, 0) is 18.6 Å². The number of esters is 3. The number of carbonyl (C=O) groups excluding carboxylic acids is 3. The van der Waals surface area contributed by atoms with Crippen LogP contribution in [-0.4, -0.2) is 36.7 Å². The van der Waals surface area contributed by atoms with Gasteiger partial charge in [0.25, 0.3) is 0 Å². The molecule has 0 heterocycles. The van der Waals surface area contributed by atoms with E-state index in [0.29, 0.717) is 0 Å². The first-order valence-corrected chi connectivity index (χ1v) is 6.44. The maximum atomic E-state index is 11.5. The molecule has 1 N–H and O–H groups in total. The lowest BCUT2D eigenvalue weighted by Gasteiger charge is -2.05. The van der Waals surface area contributed by atoms with Crippen LogP contribution in [0.3, 0.4) is 0 Å². The fourth-order valence-electron chi connectivity index (χ4n) is 1.37. The summed E-state index contributed by atoms with van der Waals surface area (Å²) in [5, 5.41) is 9.22. The fraction of sp³-hybridized carbons (Fsp3) is 0.267. The van der Waals surface area contributed by atoms with Crippen molar-refractivity contribution >= 4 is 17.9 Å². The summed E-state index contributed by atoms with van der Waals surface area (Å²) in [5.74, 6) is -1.63. The van der Waals surface area contributed by atoms with Crippen LogP contribution in [0.2, 0.25) is 0 Å². The Morgan fingerprint density at radius 3 is 2.59 bits per heavy atom. The highest BCUT2D eigenvalue weighted by atomic mass is 16.5. The molecule has 7 nitrogen and oxygen atoms in total. The second kappa shape index (κ2) is 9.17. The number of carbonyl (C=O) groups is 3. The summed E-state index contributed by atoms with van der Waals surface area (Å²) in [6, 6.07) is 5.86. The van der Waals surface area contributed by atoms with Crippen LogP contribution in [0, 0.1) is 0 Å². The Bertz CT molecular complexity index is 563. The van der Waals surface area contributed by atoms with Crippen molar-refractivity contribution in [2.45, 2.75) is 12.8 Å². The number of benzene rings is 1. The van der Waals surface area contributed by atoms with Crippen molar-refractivity contribution < 1.29 is 33.7 Å². The molecule has 0 saturated carbocycles. The van der Waals surface area contributed by atoms with Crippen molar-refractivity contribution in [3.63, 3.8) is 0 Å². The van der Waals surface area contributed by atoms with Crippen LogP contribution in [0.25, 0.3) is 0 Å². The predicted octanol–water partition coefficient (Wildman–Crippen LogP) is 1.35. The topological polar surface area (TPSA) is 99.1 Å². The zero-order valence-corrected chi connectivity index (χ0v) is 12.0. The van der Waals surface area contributed by atoms with Gasteiger partial charge in [-0.15, -0.1) is 0 Å². The van der Waals surface area contributed by atoms with E-state index in [2.05, 4.69) is 4.74 Å². The molecule has 0 aromatic heterocycles. The van der Waals surface area contributed by atoms with Crippen LogP contribution in [0.1, 0.15) is 12.8 Å². The zero-order chi connectivity index (χ0) is 16.4. The average molecular weight is 308 g/mol. The van der Waals surface area contributed by atoms with E-state index in [1.54, 1.807) is 6.07 Å². The lowest BCUT2D eigenvalue weighted by Crippen LogP contribution is -2.10. The number of aromatic hydroxyl groups is 1. The summed E-state index contributed by atoms with van der Waals surface area (Å²) in [6.07, 6.45) is 2.20. The SMILES string of the molecule is COC(=O)C=CC(=O)OCCCC(=O)Oc1cccc(O)c1. The molecule has 0 amide bonds. The van der Waals surface area contributed by atoms with Crippen LogP contribution in [0.5, 0.6) is 11.5 Å². The van der Waals surface area contributed by atoms with Gasteiger partial charge in [0.1, 0.15) is 11.5 Å². The Morgan fingerprint density at radius 1 is 1.18 bits per heavy atom. The lowest BCUT2D eigenvalue weighted by atomic mass is 10.3. The molecule has 1 aromatic rings. The second-order valence-electron chi connectivity index (χ2n) is 4.10. The third kappa shape index (κ3) is 7.09. The first-order chi connectivity index (χ1) is 10.5. The molecule has 0 unspecified atom stereocenters. The van der Waals surface area contributed by atoms with Crippen LogP contribution >= 0.6 is 0 Å². The van der Waals surface area contributed by atoms with E-state index >= 15 is 0 Å². The van der Waals surface area contributed by atoms with Crippen LogP contribution in [0.4, 0.5) is 0 Å². The highest BCUT2D eigenvalue weighted by Gasteiger charge is 2.06. The number of ether oxygens (including phenoxy) is 3. The number of hydrogen-bond donors (Lipinski definition) is 1. The minimum atomic E-state index is -0.702. The molecule has 118 valence electrons. The third-order valence-electron chi connectivity index (χ3n) is 2.38. The van der Waals surface area contributed by atoms with E-state index in [4.69, 9.17) is 9.47 Å². The summed E-state index contributed by atoms with van der Waals surface area (Å²) < 4.78 is 14.1. The summed E-state index contributed by atoms with van der Waals surface area (Å²) in [7, 11) is 1.19. The van der Waals surface area contributed by atoms with E-state index in [1.807, 2.05) is 0 Å². The second-order valence-corrected chi connectivity index (χ2v) is 4.10. The number of methoxy groups -OCH3 is 1. The maximum absolute atomic E-state index is 11.5. The van der Waals surface area contributed by atoms with Gasteiger partial charge >= 0.3 is 17.9 Å². The number of hydrogen-bond acceptors (Lipinski definition) is 7. The van der Waals surface area contributed by atoms with Crippen LogP contribution < -0.4 is 4.74 Å². The Kier molecular flexibility index (Phi) is 7.18. The van der Waals surface area contributed by atoms with E-state index in [0.717, 1.165) is 12.2 Å². The normalized spacial score (nSPS) is 10.2. The van der Waals surface area contributed by atoms with E-state index in [-0.39, 0.29) is 30.9 Å². The zero-order valence-electron chi connectivity index (χ0n) is 12.0. The smallest absolute Gasteiger partial charge is 0.331 e. The first-order valence-electron chi connectivity index (χ1n) is 6.44. The Hall–Kier alpha value is -2.83. The number of rotatable bonds is 7. The largest absolute Gasteiger partial charge is 0.508 e. The van der Waals surface area contributed by atoms with Gasteiger partial charge in [0.15, 0.2) is 0 Å². The Labute approximate surface area is 127 Å². The van der Waals surface area contributed by atoms with Gasteiger partial charge in [-0.3, -0.25) is 4.79 Å². The molecule has 0 saturated heterocycles. The molecule has 0 radical (unpaired) electrons. The van der Waals surface area contributed by atoms with Gasteiger partial charge in [-0.2, -0.15) is 0 Å². The molecular formula is C15H16O7. The average Bonchev–Trinajstić information content (AvgIpc) is 2.49. The van der Waals surface area contributed by atoms with Crippen molar-refractivity contribution in [3.05, 3.63) is 36.4 Å². The van der Waals surface area contributed by atoms with E-state index in [9.17, 15) is 19.5 Å². The highest BCUT2D eigenvalue weighted by Crippen LogP contribution is 2.18.